The first-order valence-electron chi connectivity index (χ1n) is 14.3. The maximum absolute atomic E-state index is 14.0. The standard InChI is InChI=1S/C34H39N3O4/c1-24(38)37-22-28-21-31(27-11-9-26(10-12-27)18-20-41-30-15-13-29(40-3)14-16-30)33(32(23-37)35-28)34(39)36(2)19-17-25-7-5-4-6-8-25/h4-16,28,32,35H,17-23H2,1-3H3/t28-,32-/m1/s1. The summed E-state index contributed by atoms with van der Waals surface area (Å²) in [6.07, 6.45) is 2.27. The van der Waals surface area contributed by atoms with Crippen molar-refractivity contribution in [3.05, 3.63) is 101 Å². The molecular weight excluding hydrogens is 514 g/mol. The molecule has 0 saturated carbocycles. The Bertz CT molecular complexity index is 1370. The zero-order chi connectivity index (χ0) is 28.8. The molecule has 2 atom stereocenters. The smallest absolute Gasteiger partial charge is 0.251 e. The molecule has 5 rings (SSSR count). The molecule has 0 aromatic heterocycles. The fourth-order valence-corrected chi connectivity index (χ4v) is 5.70. The molecule has 1 saturated heterocycles. The Labute approximate surface area is 242 Å². The van der Waals surface area contributed by atoms with Crippen LogP contribution in [-0.4, -0.2) is 74.1 Å². The van der Waals surface area contributed by atoms with Gasteiger partial charge in [0.2, 0.25) is 5.91 Å². The van der Waals surface area contributed by atoms with Crippen LogP contribution in [-0.2, 0) is 22.4 Å². The van der Waals surface area contributed by atoms with Crippen molar-refractivity contribution in [2.75, 3.05) is 40.4 Å². The van der Waals surface area contributed by atoms with Crippen molar-refractivity contribution in [1.29, 1.82) is 0 Å². The first-order valence-corrected chi connectivity index (χ1v) is 14.3. The zero-order valence-electron chi connectivity index (χ0n) is 24.1. The van der Waals surface area contributed by atoms with E-state index in [0.717, 1.165) is 41.1 Å². The number of nitrogens with zero attached hydrogens (tertiary/aromatic N) is 2. The molecule has 3 aromatic carbocycles. The molecule has 2 amide bonds. The summed E-state index contributed by atoms with van der Waals surface area (Å²) in [6, 6.07) is 26.3. The van der Waals surface area contributed by atoms with E-state index < -0.39 is 0 Å². The summed E-state index contributed by atoms with van der Waals surface area (Å²) < 4.78 is 11.1. The van der Waals surface area contributed by atoms with E-state index in [1.807, 2.05) is 59.3 Å². The molecule has 3 aromatic rings. The molecule has 1 N–H and O–H groups in total. The highest BCUT2D eigenvalue weighted by atomic mass is 16.5. The van der Waals surface area contributed by atoms with Crippen molar-refractivity contribution < 1.29 is 19.1 Å². The molecule has 2 bridgehead atoms. The van der Waals surface area contributed by atoms with E-state index in [-0.39, 0.29) is 23.9 Å². The second kappa shape index (κ2) is 13.0. The molecule has 1 fully saturated rings. The third-order valence-electron chi connectivity index (χ3n) is 8.03. The molecule has 0 radical (unpaired) electrons. The van der Waals surface area contributed by atoms with Crippen molar-refractivity contribution in [2.24, 2.45) is 0 Å². The number of hydrogen-bond donors (Lipinski definition) is 1. The highest BCUT2D eigenvalue weighted by Crippen LogP contribution is 2.34. The Morgan fingerprint density at radius 3 is 2.27 bits per heavy atom. The highest BCUT2D eigenvalue weighted by Gasteiger charge is 2.39. The van der Waals surface area contributed by atoms with Crippen LogP contribution in [0.3, 0.4) is 0 Å². The molecule has 41 heavy (non-hydrogen) atoms. The van der Waals surface area contributed by atoms with Gasteiger partial charge >= 0.3 is 0 Å². The van der Waals surface area contributed by atoms with Crippen molar-refractivity contribution in [1.82, 2.24) is 15.1 Å². The number of nitrogens with one attached hydrogen (secondary N) is 1. The summed E-state index contributed by atoms with van der Waals surface area (Å²) in [5.74, 6) is 1.69. The van der Waals surface area contributed by atoms with Gasteiger partial charge in [-0.2, -0.15) is 0 Å². The SMILES string of the molecule is COc1ccc(OCCc2ccc(C3=C(C(=O)N(C)CCc4ccccc4)[C@H]4CN(C(C)=O)C[C@@H](C3)N4)cc2)cc1. The normalized spacial score (nSPS) is 18.2. The van der Waals surface area contributed by atoms with Gasteiger partial charge in [0.1, 0.15) is 11.5 Å². The van der Waals surface area contributed by atoms with Gasteiger partial charge in [-0.05, 0) is 59.4 Å². The maximum atomic E-state index is 14.0. The molecule has 0 spiro atoms. The Morgan fingerprint density at radius 2 is 1.59 bits per heavy atom. The average molecular weight is 554 g/mol. The van der Waals surface area contributed by atoms with E-state index >= 15 is 0 Å². The van der Waals surface area contributed by atoms with E-state index in [4.69, 9.17) is 9.47 Å². The minimum absolute atomic E-state index is 0.0225. The van der Waals surface area contributed by atoms with Crippen LogP contribution in [0.25, 0.3) is 5.57 Å². The molecule has 2 heterocycles. The molecule has 7 heteroatoms. The fourth-order valence-electron chi connectivity index (χ4n) is 5.70. The fraction of sp³-hybridized carbons (Fsp3) is 0.353. The lowest BCUT2D eigenvalue weighted by Gasteiger charge is -2.44. The maximum Gasteiger partial charge on any atom is 0.251 e. The summed E-state index contributed by atoms with van der Waals surface area (Å²) in [6.45, 7) is 3.96. The van der Waals surface area contributed by atoms with Crippen molar-refractivity contribution >= 4 is 17.4 Å². The lowest BCUT2D eigenvalue weighted by atomic mass is 9.82. The minimum Gasteiger partial charge on any atom is -0.497 e. The van der Waals surface area contributed by atoms with Crippen LogP contribution in [0.5, 0.6) is 11.5 Å². The number of fused-ring (bicyclic) bond motifs is 2. The topological polar surface area (TPSA) is 71.1 Å². The second-order valence-electron chi connectivity index (χ2n) is 10.9. The van der Waals surface area contributed by atoms with Crippen molar-refractivity contribution in [3.63, 3.8) is 0 Å². The first kappa shape index (κ1) is 28.4. The number of piperazine rings is 1. The largest absolute Gasteiger partial charge is 0.497 e. The molecule has 7 nitrogen and oxygen atoms in total. The van der Waals surface area contributed by atoms with Crippen molar-refractivity contribution in [2.45, 2.75) is 38.3 Å². The molecule has 2 aliphatic rings. The Balaban J connectivity index is 1.32. The third-order valence-corrected chi connectivity index (χ3v) is 8.03. The quantitative estimate of drug-likeness (QED) is 0.404. The van der Waals surface area contributed by atoms with Crippen LogP contribution >= 0.6 is 0 Å². The van der Waals surface area contributed by atoms with Gasteiger partial charge < -0.3 is 24.6 Å². The molecule has 214 valence electrons. The van der Waals surface area contributed by atoms with Crippen LogP contribution in [0.4, 0.5) is 0 Å². The number of hydrogen-bond acceptors (Lipinski definition) is 5. The number of methoxy groups -OCH3 is 1. The van der Waals surface area contributed by atoms with Gasteiger partial charge in [0.15, 0.2) is 0 Å². The Hall–Kier alpha value is -4.10. The molecule has 0 aliphatic carbocycles. The summed E-state index contributed by atoms with van der Waals surface area (Å²) >= 11 is 0. The summed E-state index contributed by atoms with van der Waals surface area (Å²) in [5, 5.41) is 3.64. The van der Waals surface area contributed by atoms with Crippen LogP contribution < -0.4 is 14.8 Å². The molecular formula is C34H39N3O4. The van der Waals surface area contributed by atoms with Gasteiger partial charge in [-0.3, -0.25) is 9.59 Å². The van der Waals surface area contributed by atoms with Gasteiger partial charge in [0.25, 0.3) is 5.91 Å². The number of ether oxygens (including phenoxy) is 2. The number of benzene rings is 3. The molecule has 2 aliphatic heterocycles. The number of carbonyl (C=O) groups excluding carboxylic acids is 2. The number of carbonyl (C=O) groups is 2. The van der Waals surface area contributed by atoms with E-state index in [2.05, 4.69) is 41.7 Å². The van der Waals surface area contributed by atoms with Gasteiger partial charge in [0, 0.05) is 51.6 Å². The van der Waals surface area contributed by atoms with Crippen LogP contribution in [0, 0.1) is 0 Å². The second-order valence-corrected chi connectivity index (χ2v) is 10.9. The summed E-state index contributed by atoms with van der Waals surface area (Å²) in [5.41, 5.74) is 5.30. The number of likely N-dealkylation sites (N-methyl/N-ethyl adjacent to an activating group) is 1. The highest BCUT2D eigenvalue weighted by molar-refractivity contribution is 6.03. The van der Waals surface area contributed by atoms with Gasteiger partial charge in [-0.1, -0.05) is 54.6 Å². The number of amides is 2. The van der Waals surface area contributed by atoms with E-state index in [0.29, 0.717) is 32.7 Å². The van der Waals surface area contributed by atoms with Gasteiger partial charge in [-0.25, -0.2) is 0 Å². The zero-order valence-corrected chi connectivity index (χ0v) is 24.1. The summed E-state index contributed by atoms with van der Waals surface area (Å²) in [7, 11) is 3.52. The predicted octanol–water partition coefficient (Wildman–Crippen LogP) is 4.36. The third kappa shape index (κ3) is 6.98. The lowest BCUT2D eigenvalue weighted by Crippen LogP contribution is -2.61. The van der Waals surface area contributed by atoms with Gasteiger partial charge in [-0.15, -0.1) is 0 Å². The Kier molecular flexibility index (Phi) is 9.04. The van der Waals surface area contributed by atoms with E-state index in [1.165, 1.54) is 11.1 Å². The minimum atomic E-state index is -0.189. The molecule has 0 unspecified atom stereocenters. The first-order chi connectivity index (χ1) is 19.9. The van der Waals surface area contributed by atoms with Crippen LogP contribution in [0.1, 0.15) is 30.0 Å². The average Bonchev–Trinajstić information content (AvgIpc) is 3.00. The summed E-state index contributed by atoms with van der Waals surface area (Å²) in [4.78, 5) is 29.9. The lowest BCUT2D eigenvalue weighted by molar-refractivity contribution is -0.132. The van der Waals surface area contributed by atoms with Crippen molar-refractivity contribution in [3.8, 4) is 11.5 Å². The van der Waals surface area contributed by atoms with Crippen LogP contribution in [0.2, 0.25) is 0 Å². The predicted molar refractivity (Wildman–Crippen MR) is 161 cm³/mol. The van der Waals surface area contributed by atoms with Gasteiger partial charge in [0.05, 0.1) is 19.8 Å². The van der Waals surface area contributed by atoms with E-state index in [1.54, 1.807) is 14.0 Å². The van der Waals surface area contributed by atoms with E-state index in [9.17, 15) is 9.59 Å². The Morgan fingerprint density at radius 1 is 0.902 bits per heavy atom. The number of rotatable bonds is 10. The monoisotopic (exact) mass is 553 g/mol. The van der Waals surface area contributed by atoms with Crippen LogP contribution in [0.15, 0.2) is 84.4 Å².